The lowest BCUT2D eigenvalue weighted by atomic mass is 10.0. The van der Waals surface area contributed by atoms with Crippen LogP contribution in [-0.2, 0) is 0 Å². The second kappa shape index (κ2) is 5.56. The van der Waals surface area contributed by atoms with Crippen molar-refractivity contribution in [2.75, 3.05) is 0 Å². The largest absolute Gasteiger partial charge is 0.354 e. The molecule has 3 rings (SSSR count). The summed E-state index contributed by atoms with van der Waals surface area (Å²) < 4.78 is 13.1. The van der Waals surface area contributed by atoms with Gasteiger partial charge in [-0.2, -0.15) is 0 Å². The van der Waals surface area contributed by atoms with Crippen molar-refractivity contribution in [1.29, 1.82) is 0 Å². The summed E-state index contributed by atoms with van der Waals surface area (Å²) in [5.74, 6) is -0.320. The van der Waals surface area contributed by atoms with Crippen LogP contribution in [-0.4, -0.2) is 15.8 Å². The number of hydrogen-bond donors (Lipinski definition) is 1. The van der Waals surface area contributed by atoms with Crippen LogP contribution in [0.25, 0.3) is 22.5 Å². The van der Waals surface area contributed by atoms with E-state index in [0.29, 0.717) is 5.56 Å². The molecule has 4 heteroatoms. The summed E-state index contributed by atoms with van der Waals surface area (Å²) in [6.45, 7) is 3.45. The number of carbonyl (C=O) groups is 1. The molecule has 0 radical (unpaired) electrons. The van der Waals surface area contributed by atoms with E-state index in [1.807, 2.05) is 19.1 Å². The molecule has 0 fully saturated rings. The summed E-state index contributed by atoms with van der Waals surface area (Å²) >= 11 is 0. The minimum absolute atomic E-state index is 0.0200. The highest BCUT2D eigenvalue weighted by Crippen LogP contribution is 2.33. The quantitative estimate of drug-likeness (QED) is 0.728. The maximum atomic E-state index is 13.1. The molecule has 0 aliphatic carbocycles. The fourth-order valence-corrected chi connectivity index (χ4v) is 2.67. The third kappa shape index (κ3) is 2.44. The Kier molecular flexibility index (Phi) is 3.59. The molecule has 0 bridgehead atoms. The SMILES string of the molecule is CC(=O)c1c(-c2ccc(F)cc2)[nH]c(-c2ccncc2)c1C. The molecule has 0 amide bonds. The van der Waals surface area contributed by atoms with Crippen molar-refractivity contribution in [2.45, 2.75) is 13.8 Å². The van der Waals surface area contributed by atoms with E-state index < -0.39 is 0 Å². The number of H-pyrrole nitrogens is 1. The topological polar surface area (TPSA) is 45.8 Å². The summed E-state index contributed by atoms with van der Waals surface area (Å²) in [7, 11) is 0. The smallest absolute Gasteiger partial charge is 0.162 e. The average Bonchev–Trinajstić information content (AvgIpc) is 2.86. The molecule has 0 unspecified atom stereocenters. The van der Waals surface area contributed by atoms with Gasteiger partial charge in [-0.1, -0.05) is 0 Å². The first-order valence-corrected chi connectivity index (χ1v) is 6.97. The fraction of sp³-hybridized carbons (Fsp3) is 0.111. The normalized spacial score (nSPS) is 10.7. The van der Waals surface area contributed by atoms with Crippen molar-refractivity contribution < 1.29 is 9.18 Å². The summed E-state index contributed by atoms with van der Waals surface area (Å²) in [6, 6.07) is 9.89. The van der Waals surface area contributed by atoms with E-state index in [1.54, 1.807) is 31.5 Å². The number of pyridine rings is 1. The predicted octanol–water partition coefficient (Wildman–Crippen LogP) is 4.39. The van der Waals surface area contributed by atoms with E-state index >= 15 is 0 Å². The molecular weight excluding hydrogens is 279 g/mol. The Hall–Kier alpha value is -2.75. The summed E-state index contributed by atoms with van der Waals surface area (Å²) in [5.41, 5.74) is 4.87. The highest BCUT2D eigenvalue weighted by Gasteiger charge is 2.19. The zero-order valence-electron chi connectivity index (χ0n) is 12.4. The third-order valence-corrected chi connectivity index (χ3v) is 3.70. The van der Waals surface area contributed by atoms with Gasteiger partial charge in [0.15, 0.2) is 5.78 Å². The molecule has 2 aromatic heterocycles. The highest BCUT2D eigenvalue weighted by atomic mass is 19.1. The van der Waals surface area contributed by atoms with Crippen molar-refractivity contribution in [2.24, 2.45) is 0 Å². The van der Waals surface area contributed by atoms with E-state index in [-0.39, 0.29) is 11.6 Å². The van der Waals surface area contributed by atoms with Gasteiger partial charge >= 0.3 is 0 Å². The minimum atomic E-state index is -0.300. The van der Waals surface area contributed by atoms with Gasteiger partial charge < -0.3 is 4.98 Å². The maximum absolute atomic E-state index is 13.1. The van der Waals surface area contributed by atoms with Crippen LogP contribution < -0.4 is 0 Å². The number of aromatic amines is 1. The Labute approximate surface area is 127 Å². The van der Waals surface area contributed by atoms with Crippen molar-refractivity contribution in [3.63, 3.8) is 0 Å². The minimum Gasteiger partial charge on any atom is -0.354 e. The number of nitrogens with zero attached hydrogens (tertiary/aromatic N) is 1. The van der Waals surface area contributed by atoms with Crippen LogP contribution >= 0.6 is 0 Å². The molecule has 110 valence electrons. The monoisotopic (exact) mass is 294 g/mol. The van der Waals surface area contributed by atoms with E-state index in [2.05, 4.69) is 9.97 Å². The zero-order chi connectivity index (χ0) is 15.7. The van der Waals surface area contributed by atoms with Crippen LogP contribution in [0.4, 0.5) is 4.39 Å². The van der Waals surface area contributed by atoms with E-state index in [1.165, 1.54) is 12.1 Å². The Morgan fingerprint density at radius 3 is 2.18 bits per heavy atom. The molecule has 3 aromatic rings. The number of rotatable bonds is 3. The van der Waals surface area contributed by atoms with Crippen LogP contribution in [0.5, 0.6) is 0 Å². The zero-order valence-corrected chi connectivity index (χ0v) is 12.4. The van der Waals surface area contributed by atoms with Gasteiger partial charge in [-0.25, -0.2) is 4.39 Å². The third-order valence-electron chi connectivity index (χ3n) is 3.70. The predicted molar refractivity (Wildman–Crippen MR) is 84.2 cm³/mol. The summed E-state index contributed by atoms with van der Waals surface area (Å²) in [4.78, 5) is 19.4. The van der Waals surface area contributed by atoms with Crippen LogP contribution in [0.15, 0.2) is 48.8 Å². The van der Waals surface area contributed by atoms with Crippen LogP contribution in [0.1, 0.15) is 22.8 Å². The molecule has 3 nitrogen and oxygen atoms in total. The number of carbonyl (C=O) groups excluding carboxylic acids is 1. The van der Waals surface area contributed by atoms with Crippen molar-refractivity contribution >= 4 is 5.78 Å². The van der Waals surface area contributed by atoms with Gasteiger partial charge in [-0.15, -0.1) is 0 Å². The number of Topliss-reactive ketones (excluding diaryl/α,β-unsaturated/α-hetero) is 1. The van der Waals surface area contributed by atoms with Gasteiger partial charge in [0.1, 0.15) is 5.82 Å². The first kappa shape index (κ1) is 14.2. The second-order valence-electron chi connectivity index (χ2n) is 5.17. The van der Waals surface area contributed by atoms with Gasteiger partial charge in [-0.05, 0) is 61.4 Å². The van der Waals surface area contributed by atoms with Crippen molar-refractivity contribution in [3.05, 3.63) is 65.7 Å². The molecule has 1 N–H and O–H groups in total. The molecule has 1 aromatic carbocycles. The van der Waals surface area contributed by atoms with Crippen LogP contribution in [0.3, 0.4) is 0 Å². The molecule has 0 saturated carbocycles. The molecule has 0 aliphatic rings. The Morgan fingerprint density at radius 2 is 1.59 bits per heavy atom. The number of hydrogen-bond acceptors (Lipinski definition) is 2. The Morgan fingerprint density at radius 1 is 1.00 bits per heavy atom. The number of halogens is 1. The average molecular weight is 294 g/mol. The van der Waals surface area contributed by atoms with Gasteiger partial charge in [-0.3, -0.25) is 9.78 Å². The van der Waals surface area contributed by atoms with Crippen LogP contribution in [0.2, 0.25) is 0 Å². The van der Waals surface area contributed by atoms with Crippen molar-refractivity contribution in [1.82, 2.24) is 9.97 Å². The number of aromatic nitrogens is 2. The maximum Gasteiger partial charge on any atom is 0.162 e. The summed E-state index contributed by atoms with van der Waals surface area (Å²) in [5, 5.41) is 0. The highest BCUT2D eigenvalue weighted by molar-refractivity contribution is 6.03. The molecule has 22 heavy (non-hydrogen) atoms. The van der Waals surface area contributed by atoms with Crippen molar-refractivity contribution in [3.8, 4) is 22.5 Å². The molecule has 0 aliphatic heterocycles. The lowest BCUT2D eigenvalue weighted by Gasteiger charge is -2.02. The molecule has 0 atom stereocenters. The lowest BCUT2D eigenvalue weighted by Crippen LogP contribution is -1.95. The fourth-order valence-electron chi connectivity index (χ4n) is 2.67. The van der Waals surface area contributed by atoms with Gasteiger partial charge in [0, 0.05) is 29.2 Å². The number of ketones is 1. The van der Waals surface area contributed by atoms with Gasteiger partial charge in [0.25, 0.3) is 0 Å². The van der Waals surface area contributed by atoms with Gasteiger partial charge in [0.05, 0.1) is 5.69 Å². The number of benzene rings is 1. The lowest BCUT2D eigenvalue weighted by molar-refractivity contribution is 0.101. The summed E-state index contributed by atoms with van der Waals surface area (Å²) in [6.07, 6.45) is 3.42. The Balaban J connectivity index is 2.22. The van der Waals surface area contributed by atoms with Gasteiger partial charge in [0.2, 0.25) is 0 Å². The van der Waals surface area contributed by atoms with E-state index in [4.69, 9.17) is 0 Å². The molecule has 0 saturated heterocycles. The first-order valence-electron chi connectivity index (χ1n) is 6.97. The van der Waals surface area contributed by atoms with E-state index in [0.717, 1.165) is 28.1 Å². The molecular formula is C18H15FN2O. The van der Waals surface area contributed by atoms with E-state index in [9.17, 15) is 9.18 Å². The molecule has 2 heterocycles. The van der Waals surface area contributed by atoms with Crippen LogP contribution in [0, 0.1) is 12.7 Å². The Bertz CT molecular complexity index is 820. The first-order chi connectivity index (χ1) is 10.6. The number of nitrogens with one attached hydrogen (secondary N) is 1. The second-order valence-corrected chi connectivity index (χ2v) is 5.17. The molecule has 0 spiro atoms. The standard InChI is InChI=1S/C18H15FN2O/c1-11-16(12(2)22)18(13-3-5-15(19)6-4-13)21-17(11)14-7-9-20-10-8-14/h3-10,21H,1-2H3.